The summed E-state index contributed by atoms with van der Waals surface area (Å²) in [6.07, 6.45) is 1.69. The van der Waals surface area contributed by atoms with Gasteiger partial charge in [-0.15, -0.1) is 10.2 Å². The predicted octanol–water partition coefficient (Wildman–Crippen LogP) is 2.72. The summed E-state index contributed by atoms with van der Waals surface area (Å²) in [5.41, 5.74) is 3.45. The number of carbonyl (C=O) groups is 1. The highest BCUT2D eigenvalue weighted by Crippen LogP contribution is 2.07. The molecule has 3 aromatic rings. The van der Waals surface area contributed by atoms with Crippen molar-refractivity contribution in [3.63, 3.8) is 0 Å². The van der Waals surface area contributed by atoms with Gasteiger partial charge >= 0.3 is 0 Å². The largest absolute Gasteiger partial charge is 0.365 e. The number of rotatable bonds is 6. The van der Waals surface area contributed by atoms with Crippen molar-refractivity contribution in [2.45, 2.75) is 20.0 Å². The molecule has 0 atom stereocenters. The second kappa shape index (κ2) is 8.01. The van der Waals surface area contributed by atoms with E-state index in [0.717, 1.165) is 11.3 Å². The van der Waals surface area contributed by atoms with Crippen LogP contribution < -0.4 is 10.6 Å². The van der Waals surface area contributed by atoms with Gasteiger partial charge in [-0.25, -0.2) is 0 Å². The molecule has 2 N–H and O–H groups in total. The van der Waals surface area contributed by atoms with E-state index >= 15 is 0 Å². The predicted molar refractivity (Wildman–Crippen MR) is 95.9 cm³/mol. The second-order valence-electron chi connectivity index (χ2n) is 5.65. The molecule has 0 aliphatic rings. The van der Waals surface area contributed by atoms with Crippen molar-refractivity contribution < 1.29 is 4.79 Å². The molecule has 1 amide bonds. The van der Waals surface area contributed by atoms with Gasteiger partial charge in [0.15, 0.2) is 5.69 Å². The lowest BCUT2D eigenvalue weighted by atomic mass is 10.1. The Morgan fingerprint density at radius 2 is 1.80 bits per heavy atom. The van der Waals surface area contributed by atoms with E-state index in [4.69, 9.17) is 0 Å². The van der Waals surface area contributed by atoms with Crippen LogP contribution in [0.2, 0.25) is 0 Å². The summed E-state index contributed by atoms with van der Waals surface area (Å²) < 4.78 is 0. The zero-order chi connectivity index (χ0) is 17.5. The van der Waals surface area contributed by atoms with Gasteiger partial charge < -0.3 is 10.6 Å². The van der Waals surface area contributed by atoms with Crippen LogP contribution >= 0.6 is 0 Å². The van der Waals surface area contributed by atoms with Crippen LogP contribution in [0.5, 0.6) is 0 Å². The van der Waals surface area contributed by atoms with E-state index in [2.05, 4.69) is 57.0 Å². The van der Waals surface area contributed by atoms with Crippen LogP contribution in [0.25, 0.3) is 0 Å². The Morgan fingerprint density at radius 3 is 2.48 bits per heavy atom. The molecule has 126 valence electrons. The van der Waals surface area contributed by atoms with E-state index in [9.17, 15) is 4.79 Å². The van der Waals surface area contributed by atoms with Crippen molar-refractivity contribution in [3.8, 4) is 0 Å². The van der Waals surface area contributed by atoms with E-state index in [0.29, 0.717) is 18.9 Å². The number of carbonyl (C=O) groups excluding carboxylic acids is 1. The molecular formula is C19H19N5O. The molecule has 0 spiro atoms. The lowest BCUT2D eigenvalue weighted by Gasteiger charge is -2.07. The number of amides is 1. The van der Waals surface area contributed by atoms with Crippen molar-refractivity contribution in [1.29, 1.82) is 0 Å². The molecule has 0 saturated heterocycles. The minimum absolute atomic E-state index is 0.275. The Labute approximate surface area is 146 Å². The van der Waals surface area contributed by atoms with Gasteiger partial charge in [0.25, 0.3) is 5.91 Å². The maximum absolute atomic E-state index is 12.1. The third-order valence-corrected chi connectivity index (χ3v) is 3.65. The standard InChI is InChI=1S/C19H19N5O/c1-14-5-7-15(8-6-14)12-21-18-10-9-17(23-24-18)19(25)22-13-16-4-2-3-11-20-16/h2-11H,12-13H2,1H3,(H,21,24)(H,22,25). The highest BCUT2D eigenvalue weighted by atomic mass is 16.1. The Morgan fingerprint density at radius 1 is 0.960 bits per heavy atom. The first-order chi connectivity index (χ1) is 12.2. The monoisotopic (exact) mass is 333 g/mol. The normalized spacial score (nSPS) is 10.3. The number of hydrogen-bond donors (Lipinski definition) is 2. The molecule has 25 heavy (non-hydrogen) atoms. The molecule has 2 aromatic heterocycles. The molecule has 0 saturated carbocycles. The lowest BCUT2D eigenvalue weighted by Crippen LogP contribution is -2.24. The Bertz CT molecular complexity index is 817. The molecule has 3 rings (SSSR count). The Kier molecular flexibility index (Phi) is 5.31. The number of benzene rings is 1. The molecule has 0 unspecified atom stereocenters. The molecule has 0 fully saturated rings. The number of hydrogen-bond acceptors (Lipinski definition) is 5. The summed E-state index contributed by atoms with van der Waals surface area (Å²) in [6, 6.07) is 17.2. The first-order valence-electron chi connectivity index (χ1n) is 8.02. The summed E-state index contributed by atoms with van der Waals surface area (Å²) in [5.74, 6) is 0.352. The number of nitrogens with zero attached hydrogens (tertiary/aromatic N) is 3. The van der Waals surface area contributed by atoms with Gasteiger partial charge in [-0.05, 0) is 36.8 Å². The van der Waals surface area contributed by atoms with Crippen LogP contribution in [0.3, 0.4) is 0 Å². The van der Waals surface area contributed by atoms with Crippen LogP contribution in [-0.2, 0) is 13.1 Å². The third kappa shape index (κ3) is 4.84. The van der Waals surface area contributed by atoms with Crippen molar-refractivity contribution in [1.82, 2.24) is 20.5 Å². The number of pyridine rings is 1. The van der Waals surface area contributed by atoms with Crippen LogP contribution in [-0.4, -0.2) is 21.1 Å². The molecule has 6 heteroatoms. The zero-order valence-corrected chi connectivity index (χ0v) is 13.9. The summed E-state index contributed by atoms with van der Waals surface area (Å²) in [7, 11) is 0. The van der Waals surface area contributed by atoms with Crippen LogP contribution in [0.4, 0.5) is 5.82 Å². The number of nitrogens with one attached hydrogen (secondary N) is 2. The lowest BCUT2D eigenvalue weighted by molar-refractivity contribution is 0.0944. The second-order valence-corrected chi connectivity index (χ2v) is 5.65. The molecule has 2 heterocycles. The van der Waals surface area contributed by atoms with E-state index in [1.165, 1.54) is 5.56 Å². The van der Waals surface area contributed by atoms with Gasteiger partial charge in [0.2, 0.25) is 0 Å². The minimum atomic E-state index is -0.275. The number of aryl methyl sites for hydroxylation is 1. The number of aromatic nitrogens is 3. The topological polar surface area (TPSA) is 79.8 Å². The highest BCUT2D eigenvalue weighted by Gasteiger charge is 2.08. The summed E-state index contributed by atoms with van der Waals surface area (Å²) in [5, 5.41) is 14.0. The molecule has 0 bridgehead atoms. The Balaban J connectivity index is 1.52. The number of anilines is 1. The van der Waals surface area contributed by atoms with Gasteiger partial charge in [-0.3, -0.25) is 9.78 Å². The van der Waals surface area contributed by atoms with Crippen molar-refractivity contribution in [2.75, 3.05) is 5.32 Å². The van der Waals surface area contributed by atoms with Crippen LogP contribution in [0.15, 0.2) is 60.8 Å². The van der Waals surface area contributed by atoms with E-state index in [1.807, 2.05) is 18.2 Å². The van der Waals surface area contributed by atoms with Gasteiger partial charge in [0.05, 0.1) is 12.2 Å². The minimum Gasteiger partial charge on any atom is -0.365 e. The van der Waals surface area contributed by atoms with Crippen molar-refractivity contribution in [2.24, 2.45) is 0 Å². The third-order valence-electron chi connectivity index (χ3n) is 3.65. The average molecular weight is 333 g/mol. The van der Waals surface area contributed by atoms with E-state index in [1.54, 1.807) is 18.3 Å². The molecule has 6 nitrogen and oxygen atoms in total. The SMILES string of the molecule is Cc1ccc(CNc2ccc(C(=O)NCc3ccccn3)nn2)cc1. The van der Waals surface area contributed by atoms with E-state index < -0.39 is 0 Å². The first kappa shape index (κ1) is 16.6. The van der Waals surface area contributed by atoms with Gasteiger partial charge in [0.1, 0.15) is 5.82 Å². The fourth-order valence-electron chi connectivity index (χ4n) is 2.21. The quantitative estimate of drug-likeness (QED) is 0.725. The molecule has 1 aromatic carbocycles. The molecule has 0 aliphatic carbocycles. The molecule has 0 radical (unpaired) electrons. The highest BCUT2D eigenvalue weighted by molar-refractivity contribution is 5.92. The zero-order valence-electron chi connectivity index (χ0n) is 13.9. The first-order valence-corrected chi connectivity index (χ1v) is 8.02. The van der Waals surface area contributed by atoms with Gasteiger partial charge in [0, 0.05) is 12.7 Å². The van der Waals surface area contributed by atoms with Crippen molar-refractivity contribution in [3.05, 3.63) is 83.3 Å². The summed E-state index contributed by atoms with van der Waals surface area (Å²) >= 11 is 0. The van der Waals surface area contributed by atoms with Crippen molar-refractivity contribution >= 4 is 11.7 Å². The van der Waals surface area contributed by atoms with Crippen LogP contribution in [0.1, 0.15) is 27.3 Å². The molecule has 0 aliphatic heterocycles. The van der Waals surface area contributed by atoms with Gasteiger partial charge in [-0.1, -0.05) is 35.9 Å². The maximum atomic E-state index is 12.1. The van der Waals surface area contributed by atoms with E-state index in [-0.39, 0.29) is 11.6 Å². The molecular weight excluding hydrogens is 314 g/mol. The smallest absolute Gasteiger partial charge is 0.272 e. The summed E-state index contributed by atoms with van der Waals surface area (Å²) in [4.78, 5) is 16.2. The fourth-order valence-corrected chi connectivity index (χ4v) is 2.21. The summed E-state index contributed by atoms with van der Waals surface area (Å²) in [6.45, 7) is 3.06. The maximum Gasteiger partial charge on any atom is 0.272 e. The fraction of sp³-hybridized carbons (Fsp3) is 0.158. The van der Waals surface area contributed by atoms with Gasteiger partial charge in [-0.2, -0.15) is 0 Å². The average Bonchev–Trinajstić information content (AvgIpc) is 2.67. The van der Waals surface area contributed by atoms with Crippen LogP contribution in [0, 0.1) is 6.92 Å². The Hall–Kier alpha value is -3.28.